The Kier molecular flexibility index (Phi) is 2.31. The predicted molar refractivity (Wildman–Crippen MR) is 50.0 cm³/mol. The quantitative estimate of drug-likeness (QED) is 0.733. The molecule has 1 aromatic rings. The minimum atomic E-state index is 0.372. The van der Waals surface area contributed by atoms with E-state index in [1.165, 1.54) is 12.8 Å². The number of aryl methyl sites for hydroxylation is 2. The van der Waals surface area contributed by atoms with Crippen LogP contribution in [0.2, 0.25) is 0 Å². The van der Waals surface area contributed by atoms with Crippen LogP contribution >= 0.6 is 0 Å². The fourth-order valence-electron chi connectivity index (χ4n) is 1.60. The fraction of sp³-hybridized carbons (Fsp3) is 0.778. The van der Waals surface area contributed by atoms with Gasteiger partial charge in [-0.1, -0.05) is 0 Å². The summed E-state index contributed by atoms with van der Waals surface area (Å²) in [5, 5.41) is 4.02. The Hall–Kier alpha value is -0.900. The van der Waals surface area contributed by atoms with Crippen LogP contribution in [0.4, 0.5) is 0 Å². The van der Waals surface area contributed by atoms with Crippen molar-refractivity contribution in [1.82, 2.24) is 14.8 Å². The Morgan fingerprint density at radius 3 is 3.00 bits per heavy atom. The summed E-state index contributed by atoms with van der Waals surface area (Å²) in [6, 6.07) is 0.372. The highest BCUT2D eigenvalue weighted by Crippen LogP contribution is 2.33. The Morgan fingerprint density at radius 1 is 1.69 bits per heavy atom. The first-order valence-corrected chi connectivity index (χ1v) is 4.86. The number of nitrogens with zero attached hydrogens (tertiary/aromatic N) is 3. The van der Waals surface area contributed by atoms with E-state index < -0.39 is 0 Å². The van der Waals surface area contributed by atoms with Gasteiger partial charge in [0.05, 0.1) is 0 Å². The second-order valence-corrected chi connectivity index (χ2v) is 3.84. The number of rotatable bonds is 4. The maximum Gasteiger partial charge on any atom is 0.138 e. The lowest BCUT2D eigenvalue weighted by Crippen LogP contribution is -2.23. The lowest BCUT2D eigenvalue weighted by atomic mass is 10.1. The Bertz CT molecular complexity index is 277. The molecule has 2 N–H and O–H groups in total. The number of hydrogen-bond acceptors (Lipinski definition) is 3. The molecule has 2 rings (SSSR count). The summed E-state index contributed by atoms with van der Waals surface area (Å²) in [7, 11) is 1.92. The van der Waals surface area contributed by atoms with E-state index in [9.17, 15) is 0 Å². The first-order valence-electron chi connectivity index (χ1n) is 4.86. The SMILES string of the molecule is Cn1ncnc1CCC(N)C1CC1. The monoisotopic (exact) mass is 180 g/mol. The molecule has 0 radical (unpaired) electrons. The van der Waals surface area contributed by atoms with E-state index in [4.69, 9.17) is 5.73 Å². The van der Waals surface area contributed by atoms with Crippen LogP contribution in [0.5, 0.6) is 0 Å². The molecule has 0 aliphatic heterocycles. The molecule has 1 aliphatic rings. The molecule has 1 fully saturated rings. The molecule has 4 heteroatoms. The van der Waals surface area contributed by atoms with Crippen molar-refractivity contribution >= 4 is 0 Å². The summed E-state index contributed by atoms with van der Waals surface area (Å²) in [4.78, 5) is 4.16. The molecule has 4 nitrogen and oxygen atoms in total. The molecule has 0 bridgehead atoms. The molecule has 1 aromatic heterocycles. The summed E-state index contributed by atoms with van der Waals surface area (Å²) in [5.41, 5.74) is 5.99. The van der Waals surface area contributed by atoms with Crippen LogP contribution in [0.25, 0.3) is 0 Å². The van der Waals surface area contributed by atoms with Crippen LogP contribution in [-0.4, -0.2) is 20.8 Å². The van der Waals surface area contributed by atoms with E-state index in [2.05, 4.69) is 10.1 Å². The van der Waals surface area contributed by atoms with Crippen LogP contribution in [-0.2, 0) is 13.5 Å². The molecule has 0 saturated heterocycles. The van der Waals surface area contributed by atoms with Crippen molar-refractivity contribution in [3.8, 4) is 0 Å². The molecular weight excluding hydrogens is 164 g/mol. The standard InChI is InChI=1S/C9H16N4/c1-13-9(11-6-12-13)5-4-8(10)7-2-3-7/h6-8H,2-5,10H2,1H3. The minimum Gasteiger partial charge on any atom is -0.327 e. The van der Waals surface area contributed by atoms with Gasteiger partial charge in [0.1, 0.15) is 12.2 Å². The predicted octanol–water partition coefficient (Wildman–Crippen LogP) is 0.485. The zero-order chi connectivity index (χ0) is 9.26. The summed E-state index contributed by atoms with van der Waals surface area (Å²) in [5.74, 6) is 1.82. The van der Waals surface area contributed by atoms with Gasteiger partial charge in [0.25, 0.3) is 0 Å². The zero-order valence-electron chi connectivity index (χ0n) is 7.98. The van der Waals surface area contributed by atoms with Gasteiger partial charge in [0, 0.05) is 19.5 Å². The highest BCUT2D eigenvalue weighted by atomic mass is 15.3. The van der Waals surface area contributed by atoms with Gasteiger partial charge < -0.3 is 5.73 Å². The lowest BCUT2D eigenvalue weighted by molar-refractivity contribution is 0.532. The van der Waals surface area contributed by atoms with Gasteiger partial charge in [-0.25, -0.2) is 4.98 Å². The van der Waals surface area contributed by atoms with Crippen LogP contribution < -0.4 is 5.73 Å². The molecule has 72 valence electrons. The molecule has 1 saturated carbocycles. The van der Waals surface area contributed by atoms with Crippen LogP contribution in [0.1, 0.15) is 25.1 Å². The normalized spacial score (nSPS) is 18.9. The first-order chi connectivity index (χ1) is 6.27. The summed E-state index contributed by atoms with van der Waals surface area (Å²) in [6.07, 6.45) is 6.23. The van der Waals surface area contributed by atoms with E-state index >= 15 is 0 Å². The summed E-state index contributed by atoms with van der Waals surface area (Å²) in [6.45, 7) is 0. The number of hydrogen-bond donors (Lipinski definition) is 1. The molecular formula is C9H16N4. The van der Waals surface area contributed by atoms with Crippen molar-refractivity contribution in [2.45, 2.75) is 31.7 Å². The maximum atomic E-state index is 5.99. The largest absolute Gasteiger partial charge is 0.327 e. The maximum absolute atomic E-state index is 5.99. The van der Waals surface area contributed by atoms with Crippen molar-refractivity contribution in [3.63, 3.8) is 0 Å². The minimum absolute atomic E-state index is 0.372. The molecule has 1 heterocycles. The van der Waals surface area contributed by atoms with Crippen molar-refractivity contribution in [1.29, 1.82) is 0 Å². The fourth-order valence-corrected chi connectivity index (χ4v) is 1.60. The average Bonchev–Trinajstić information content (AvgIpc) is 2.88. The smallest absolute Gasteiger partial charge is 0.138 e. The third-order valence-electron chi connectivity index (χ3n) is 2.73. The molecule has 1 atom stereocenters. The van der Waals surface area contributed by atoms with E-state index in [1.807, 2.05) is 11.7 Å². The zero-order valence-corrected chi connectivity index (χ0v) is 7.98. The van der Waals surface area contributed by atoms with Gasteiger partial charge in [0.2, 0.25) is 0 Å². The lowest BCUT2D eigenvalue weighted by Gasteiger charge is -2.08. The second kappa shape index (κ2) is 3.46. The first kappa shape index (κ1) is 8.69. The molecule has 0 amide bonds. The van der Waals surface area contributed by atoms with E-state index in [1.54, 1.807) is 6.33 Å². The van der Waals surface area contributed by atoms with E-state index in [0.717, 1.165) is 24.6 Å². The summed E-state index contributed by atoms with van der Waals surface area (Å²) < 4.78 is 1.82. The van der Waals surface area contributed by atoms with Gasteiger partial charge in [-0.3, -0.25) is 4.68 Å². The molecule has 1 aliphatic carbocycles. The van der Waals surface area contributed by atoms with Crippen molar-refractivity contribution in [3.05, 3.63) is 12.2 Å². The van der Waals surface area contributed by atoms with Crippen molar-refractivity contribution in [2.24, 2.45) is 18.7 Å². The molecule has 13 heavy (non-hydrogen) atoms. The Labute approximate surface area is 78.1 Å². The van der Waals surface area contributed by atoms with Gasteiger partial charge in [-0.15, -0.1) is 0 Å². The second-order valence-electron chi connectivity index (χ2n) is 3.84. The molecule has 0 aromatic carbocycles. The topological polar surface area (TPSA) is 56.7 Å². The summed E-state index contributed by atoms with van der Waals surface area (Å²) >= 11 is 0. The van der Waals surface area contributed by atoms with Gasteiger partial charge in [-0.2, -0.15) is 5.10 Å². The van der Waals surface area contributed by atoms with Crippen molar-refractivity contribution in [2.75, 3.05) is 0 Å². The van der Waals surface area contributed by atoms with Crippen LogP contribution in [0, 0.1) is 5.92 Å². The van der Waals surface area contributed by atoms with E-state index in [-0.39, 0.29) is 0 Å². The van der Waals surface area contributed by atoms with Crippen LogP contribution in [0.15, 0.2) is 6.33 Å². The molecule has 1 unspecified atom stereocenters. The van der Waals surface area contributed by atoms with Crippen LogP contribution in [0.3, 0.4) is 0 Å². The van der Waals surface area contributed by atoms with Crippen molar-refractivity contribution < 1.29 is 0 Å². The number of aromatic nitrogens is 3. The number of nitrogens with two attached hydrogens (primary N) is 1. The average molecular weight is 180 g/mol. The molecule has 0 spiro atoms. The van der Waals surface area contributed by atoms with Gasteiger partial charge >= 0.3 is 0 Å². The van der Waals surface area contributed by atoms with E-state index in [0.29, 0.717) is 6.04 Å². The third-order valence-corrected chi connectivity index (χ3v) is 2.73. The highest BCUT2D eigenvalue weighted by Gasteiger charge is 2.28. The Balaban J connectivity index is 1.81. The third kappa shape index (κ3) is 2.06. The Morgan fingerprint density at radius 2 is 2.46 bits per heavy atom. The highest BCUT2D eigenvalue weighted by molar-refractivity contribution is 4.89. The van der Waals surface area contributed by atoms with Gasteiger partial charge in [0.15, 0.2) is 0 Å². The van der Waals surface area contributed by atoms with Gasteiger partial charge in [-0.05, 0) is 25.2 Å².